The first kappa shape index (κ1) is 17.4. The van der Waals surface area contributed by atoms with Crippen LogP contribution in [0.3, 0.4) is 0 Å². The second-order valence-electron chi connectivity index (χ2n) is 6.14. The Bertz CT molecular complexity index is 756. The number of carboxylic acids is 1. The minimum Gasteiger partial charge on any atom is -0.480 e. The molecule has 0 aromatic carbocycles. The number of carbonyl (C=O) groups is 2. The van der Waals surface area contributed by atoms with Crippen molar-refractivity contribution in [1.82, 2.24) is 4.31 Å². The molecule has 3 rings (SSSR count). The van der Waals surface area contributed by atoms with Crippen LogP contribution in [0, 0.1) is 5.92 Å². The second-order valence-corrected chi connectivity index (χ2v) is 8.87. The Hall–Kier alpha value is -1.45. The largest absolute Gasteiger partial charge is 0.480 e. The zero-order chi connectivity index (χ0) is 17.5. The number of aliphatic carboxylic acids is 1. The van der Waals surface area contributed by atoms with Crippen molar-refractivity contribution in [3.05, 3.63) is 16.3 Å². The molecular formula is C15H19NO6S2. The van der Waals surface area contributed by atoms with E-state index in [0.29, 0.717) is 12.8 Å². The van der Waals surface area contributed by atoms with E-state index in [1.165, 1.54) is 18.6 Å². The summed E-state index contributed by atoms with van der Waals surface area (Å²) in [5.41, 5.74) is 0. The fourth-order valence-corrected chi connectivity index (χ4v) is 7.01. The van der Waals surface area contributed by atoms with Crippen LogP contribution in [0.2, 0.25) is 0 Å². The number of carbonyl (C=O) groups excluding carboxylic acids is 1. The van der Waals surface area contributed by atoms with Crippen LogP contribution in [0.15, 0.2) is 16.3 Å². The third-order valence-electron chi connectivity index (χ3n) is 4.87. The Balaban J connectivity index is 2.05. The van der Waals surface area contributed by atoms with Gasteiger partial charge in [-0.05, 0) is 36.6 Å². The zero-order valence-corrected chi connectivity index (χ0v) is 14.8. The van der Waals surface area contributed by atoms with Crippen LogP contribution in [0.25, 0.3) is 0 Å². The highest BCUT2D eigenvalue weighted by molar-refractivity contribution is 7.89. The van der Waals surface area contributed by atoms with E-state index in [9.17, 15) is 23.1 Å². The Morgan fingerprint density at radius 2 is 2.04 bits per heavy atom. The van der Waals surface area contributed by atoms with Crippen molar-refractivity contribution in [2.45, 2.75) is 49.1 Å². The van der Waals surface area contributed by atoms with Crippen molar-refractivity contribution in [3.8, 4) is 0 Å². The third kappa shape index (κ3) is 2.74. The third-order valence-corrected chi connectivity index (χ3v) is 7.87. The summed E-state index contributed by atoms with van der Waals surface area (Å²) in [4.78, 5) is 23.3. The molecule has 1 N–H and O–H groups in total. The summed E-state index contributed by atoms with van der Waals surface area (Å²) in [6.45, 7) is 0. The first-order valence-corrected chi connectivity index (χ1v) is 10.1. The van der Waals surface area contributed by atoms with E-state index in [1.54, 1.807) is 0 Å². The van der Waals surface area contributed by atoms with Crippen LogP contribution in [-0.4, -0.2) is 49.0 Å². The Morgan fingerprint density at radius 1 is 1.33 bits per heavy atom. The summed E-state index contributed by atoms with van der Waals surface area (Å²) in [7, 11) is -2.90. The summed E-state index contributed by atoms with van der Waals surface area (Å²) < 4.78 is 32.1. The average Bonchev–Trinajstić information content (AvgIpc) is 3.19. The van der Waals surface area contributed by atoms with E-state index < -0.39 is 28.0 Å². The quantitative estimate of drug-likeness (QED) is 0.810. The van der Waals surface area contributed by atoms with E-state index in [1.807, 2.05) is 0 Å². The van der Waals surface area contributed by atoms with Gasteiger partial charge in [0.15, 0.2) is 0 Å². The summed E-state index contributed by atoms with van der Waals surface area (Å²) in [5, 5.41) is 11.0. The SMILES string of the molecule is COC(=O)c1sccc1S(=O)(=O)N1C(C(=O)O)CC2CCCCC21. The maximum absolute atomic E-state index is 13.2. The van der Waals surface area contributed by atoms with Gasteiger partial charge in [-0.15, -0.1) is 11.3 Å². The molecule has 1 aliphatic heterocycles. The Kier molecular flexibility index (Phi) is 4.67. The van der Waals surface area contributed by atoms with Gasteiger partial charge in [0.2, 0.25) is 10.0 Å². The topological polar surface area (TPSA) is 101 Å². The van der Waals surface area contributed by atoms with Gasteiger partial charge in [0, 0.05) is 6.04 Å². The number of hydrogen-bond acceptors (Lipinski definition) is 6. The summed E-state index contributed by atoms with van der Waals surface area (Å²) in [6, 6.07) is -0.0369. The van der Waals surface area contributed by atoms with E-state index in [4.69, 9.17) is 0 Å². The lowest BCUT2D eigenvalue weighted by atomic mass is 9.85. The van der Waals surface area contributed by atoms with Crippen molar-refractivity contribution >= 4 is 33.3 Å². The Morgan fingerprint density at radius 3 is 2.71 bits per heavy atom. The summed E-state index contributed by atoms with van der Waals surface area (Å²) >= 11 is 0.979. The van der Waals surface area contributed by atoms with Gasteiger partial charge in [0.25, 0.3) is 0 Å². The lowest BCUT2D eigenvalue weighted by molar-refractivity contribution is -0.141. The monoisotopic (exact) mass is 373 g/mol. The molecule has 1 aliphatic carbocycles. The van der Waals surface area contributed by atoms with Crippen LogP contribution >= 0.6 is 11.3 Å². The maximum Gasteiger partial charge on any atom is 0.349 e. The minimum atomic E-state index is -4.08. The molecule has 1 aromatic heterocycles. The van der Waals surface area contributed by atoms with Gasteiger partial charge < -0.3 is 9.84 Å². The molecule has 0 amide bonds. The molecule has 0 radical (unpaired) electrons. The molecule has 1 aromatic rings. The predicted octanol–water partition coefficient (Wildman–Crippen LogP) is 1.94. The van der Waals surface area contributed by atoms with Gasteiger partial charge in [-0.1, -0.05) is 12.8 Å². The fraction of sp³-hybridized carbons (Fsp3) is 0.600. The molecule has 3 unspecified atom stereocenters. The van der Waals surface area contributed by atoms with E-state index in [0.717, 1.165) is 34.9 Å². The number of thiophene rings is 1. The molecule has 1 saturated carbocycles. The number of fused-ring (bicyclic) bond motifs is 1. The second kappa shape index (κ2) is 6.45. The number of carboxylic acid groups (broad SMARTS) is 1. The Labute approximate surface area is 144 Å². The van der Waals surface area contributed by atoms with Crippen molar-refractivity contribution in [3.63, 3.8) is 0 Å². The van der Waals surface area contributed by atoms with Gasteiger partial charge in [-0.2, -0.15) is 4.31 Å². The number of sulfonamides is 1. The molecular weight excluding hydrogens is 354 g/mol. The summed E-state index contributed by atoms with van der Waals surface area (Å²) in [5.74, 6) is -1.80. The highest BCUT2D eigenvalue weighted by atomic mass is 32.2. The molecule has 2 aliphatic rings. The fourth-order valence-electron chi connectivity index (χ4n) is 3.83. The molecule has 2 heterocycles. The van der Waals surface area contributed by atoms with Crippen LogP contribution < -0.4 is 0 Å². The molecule has 9 heteroatoms. The van der Waals surface area contributed by atoms with Crippen molar-refractivity contribution < 1.29 is 27.9 Å². The average molecular weight is 373 g/mol. The lowest BCUT2D eigenvalue weighted by Crippen LogP contribution is -2.46. The van der Waals surface area contributed by atoms with Gasteiger partial charge in [0.05, 0.1) is 7.11 Å². The van der Waals surface area contributed by atoms with Crippen LogP contribution in [0.4, 0.5) is 0 Å². The molecule has 0 spiro atoms. The number of nitrogens with zero attached hydrogens (tertiary/aromatic N) is 1. The number of rotatable bonds is 4. The summed E-state index contributed by atoms with van der Waals surface area (Å²) in [6.07, 6.45) is 3.70. The number of methoxy groups -OCH3 is 1. The molecule has 0 bridgehead atoms. The minimum absolute atomic E-state index is 0.0131. The molecule has 3 atom stereocenters. The highest BCUT2D eigenvalue weighted by Gasteiger charge is 2.51. The number of hydrogen-bond donors (Lipinski definition) is 1. The molecule has 1 saturated heterocycles. The smallest absolute Gasteiger partial charge is 0.349 e. The van der Waals surface area contributed by atoms with Gasteiger partial charge >= 0.3 is 11.9 Å². The molecule has 2 fully saturated rings. The maximum atomic E-state index is 13.2. The number of ether oxygens (including phenoxy) is 1. The first-order chi connectivity index (χ1) is 11.4. The van der Waals surface area contributed by atoms with E-state index in [2.05, 4.69) is 4.74 Å². The highest BCUT2D eigenvalue weighted by Crippen LogP contribution is 2.43. The van der Waals surface area contributed by atoms with E-state index in [-0.39, 0.29) is 21.7 Å². The van der Waals surface area contributed by atoms with Gasteiger partial charge in [0.1, 0.15) is 15.8 Å². The van der Waals surface area contributed by atoms with Crippen LogP contribution in [0.5, 0.6) is 0 Å². The van der Waals surface area contributed by atoms with E-state index >= 15 is 0 Å². The van der Waals surface area contributed by atoms with Gasteiger partial charge in [-0.25, -0.2) is 13.2 Å². The normalized spacial score (nSPS) is 27.6. The molecule has 7 nitrogen and oxygen atoms in total. The van der Waals surface area contributed by atoms with Crippen LogP contribution in [0.1, 0.15) is 41.8 Å². The predicted molar refractivity (Wildman–Crippen MR) is 86.5 cm³/mol. The number of esters is 1. The standard InChI is InChI=1S/C15H19NO6S2/c1-22-15(19)13-12(6-7-23-13)24(20,21)16-10-5-3-2-4-9(10)8-11(16)14(17)18/h6-7,9-11H,2-5,8H2,1H3,(H,17,18). The molecule has 132 valence electrons. The van der Waals surface area contributed by atoms with Gasteiger partial charge in [-0.3, -0.25) is 4.79 Å². The lowest BCUT2D eigenvalue weighted by Gasteiger charge is -2.32. The first-order valence-electron chi connectivity index (χ1n) is 7.80. The van der Waals surface area contributed by atoms with Crippen molar-refractivity contribution in [2.24, 2.45) is 5.92 Å². The van der Waals surface area contributed by atoms with Crippen molar-refractivity contribution in [2.75, 3.05) is 7.11 Å². The van der Waals surface area contributed by atoms with Crippen molar-refractivity contribution in [1.29, 1.82) is 0 Å². The zero-order valence-electron chi connectivity index (χ0n) is 13.2. The molecule has 24 heavy (non-hydrogen) atoms. The van der Waals surface area contributed by atoms with Crippen LogP contribution in [-0.2, 0) is 19.6 Å².